The molecule has 8 heteroatoms. The van der Waals surface area contributed by atoms with Gasteiger partial charge < -0.3 is 15.5 Å². The predicted molar refractivity (Wildman–Crippen MR) is 108 cm³/mol. The summed E-state index contributed by atoms with van der Waals surface area (Å²) in [4.78, 5) is 21.7. The van der Waals surface area contributed by atoms with Crippen LogP contribution in [0.25, 0.3) is 12.2 Å². The SMILES string of the molecule is CCN(CC)CCCNc1ncc(/C=C\c2c(F)cccc2F)c(NC=O)n1. The number of benzene rings is 1. The van der Waals surface area contributed by atoms with Gasteiger partial charge in [-0.2, -0.15) is 4.98 Å². The average molecular weight is 389 g/mol. The number of hydrogen-bond acceptors (Lipinski definition) is 5. The van der Waals surface area contributed by atoms with Gasteiger partial charge in [0.2, 0.25) is 12.4 Å². The molecule has 1 aromatic heterocycles. The molecule has 2 rings (SSSR count). The maximum Gasteiger partial charge on any atom is 0.224 e. The van der Waals surface area contributed by atoms with E-state index in [1.165, 1.54) is 36.5 Å². The molecule has 150 valence electrons. The zero-order chi connectivity index (χ0) is 20.4. The van der Waals surface area contributed by atoms with Crippen molar-refractivity contribution in [2.24, 2.45) is 0 Å². The van der Waals surface area contributed by atoms with E-state index in [1.807, 2.05) is 0 Å². The number of anilines is 2. The Morgan fingerprint density at radius 2 is 1.86 bits per heavy atom. The van der Waals surface area contributed by atoms with Gasteiger partial charge >= 0.3 is 0 Å². The van der Waals surface area contributed by atoms with E-state index in [-0.39, 0.29) is 11.4 Å². The summed E-state index contributed by atoms with van der Waals surface area (Å²) in [6, 6.07) is 3.65. The lowest BCUT2D eigenvalue weighted by molar-refractivity contribution is -0.105. The van der Waals surface area contributed by atoms with Crippen LogP contribution in [0.2, 0.25) is 0 Å². The van der Waals surface area contributed by atoms with E-state index < -0.39 is 11.6 Å². The minimum absolute atomic E-state index is 0.168. The standard InChI is InChI=1S/C20H25F2N5O/c1-3-27(4-2)12-6-11-23-20-24-13-15(19(26-20)25-14-28)9-10-16-17(21)7-5-8-18(16)22/h5,7-10,13-14H,3-4,6,11-12H2,1-2H3,(H2,23,24,25,26,28)/b10-9-. The van der Waals surface area contributed by atoms with E-state index in [4.69, 9.17) is 0 Å². The van der Waals surface area contributed by atoms with Crippen LogP contribution in [-0.2, 0) is 4.79 Å². The molecule has 0 bridgehead atoms. The Balaban J connectivity index is 2.08. The summed E-state index contributed by atoms with van der Waals surface area (Å²) < 4.78 is 27.5. The summed E-state index contributed by atoms with van der Waals surface area (Å²) in [7, 11) is 0. The summed E-state index contributed by atoms with van der Waals surface area (Å²) in [5.41, 5.74) is 0.265. The summed E-state index contributed by atoms with van der Waals surface area (Å²) in [5, 5.41) is 5.61. The Morgan fingerprint density at radius 1 is 1.14 bits per heavy atom. The highest BCUT2D eigenvalue weighted by Gasteiger charge is 2.08. The molecule has 0 aliphatic heterocycles. The molecule has 0 aliphatic carbocycles. The van der Waals surface area contributed by atoms with Gasteiger partial charge in [0.05, 0.1) is 0 Å². The van der Waals surface area contributed by atoms with Crippen molar-refractivity contribution >= 4 is 30.3 Å². The Kier molecular flexibility index (Phi) is 8.48. The molecule has 0 radical (unpaired) electrons. The number of nitrogens with zero attached hydrogens (tertiary/aromatic N) is 3. The Hall–Kier alpha value is -2.87. The van der Waals surface area contributed by atoms with Crippen LogP contribution >= 0.6 is 0 Å². The van der Waals surface area contributed by atoms with Gasteiger partial charge in [-0.3, -0.25) is 4.79 Å². The number of aromatic nitrogens is 2. The molecule has 0 saturated carbocycles. The molecule has 1 aromatic carbocycles. The first-order valence-corrected chi connectivity index (χ1v) is 9.24. The quantitative estimate of drug-likeness (QED) is 0.454. The molecule has 0 aliphatic rings. The van der Waals surface area contributed by atoms with Crippen molar-refractivity contribution in [1.29, 1.82) is 0 Å². The van der Waals surface area contributed by atoms with E-state index in [1.54, 1.807) is 0 Å². The van der Waals surface area contributed by atoms with Crippen LogP contribution in [0.4, 0.5) is 20.5 Å². The fourth-order valence-corrected chi connectivity index (χ4v) is 2.66. The van der Waals surface area contributed by atoms with Gasteiger partial charge in [-0.25, -0.2) is 13.8 Å². The van der Waals surface area contributed by atoms with Gasteiger partial charge in [-0.15, -0.1) is 0 Å². The van der Waals surface area contributed by atoms with Gasteiger partial charge in [-0.1, -0.05) is 19.9 Å². The van der Waals surface area contributed by atoms with E-state index in [0.29, 0.717) is 24.5 Å². The smallest absolute Gasteiger partial charge is 0.224 e. The lowest BCUT2D eigenvalue weighted by Crippen LogP contribution is -2.25. The highest BCUT2D eigenvalue weighted by Crippen LogP contribution is 2.19. The van der Waals surface area contributed by atoms with Crippen LogP contribution in [-0.4, -0.2) is 47.5 Å². The van der Waals surface area contributed by atoms with E-state index in [9.17, 15) is 13.6 Å². The van der Waals surface area contributed by atoms with Gasteiger partial charge in [0, 0.05) is 23.9 Å². The molecule has 0 atom stereocenters. The van der Waals surface area contributed by atoms with E-state index in [2.05, 4.69) is 39.3 Å². The van der Waals surface area contributed by atoms with E-state index >= 15 is 0 Å². The lowest BCUT2D eigenvalue weighted by atomic mass is 10.1. The predicted octanol–water partition coefficient (Wildman–Crippen LogP) is 3.64. The molecular formula is C20H25F2N5O. The second-order valence-electron chi connectivity index (χ2n) is 6.04. The largest absolute Gasteiger partial charge is 0.354 e. The van der Waals surface area contributed by atoms with Crippen molar-refractivity contribution in [3.05, 3.63) is 47.2 Å². The molecule has 0 fully saturated rings. The van der Waals surface area contributed by atoms with Crippen molar-refractivity contribution in [2.75, 3.05) is 36.8 Å². The molecule has 0 spiro atoms. The average Bonchev–Trinajstić information content (AvgIpc) is 2.69. The lowest BCUT2D eigenvalue weighted by Gasteiger charge is -2.17. The first kappa shape index (κ1) is 21.4. The highest BCUT2D eigenvalue weighted by atomic mass is 19.1. The number of carbonyl (C=O) groups excluding carboxylic acids is 1. The highest BCUT2D eigenvalue weighted by molar-refractivity contribution is 5.80. The van der Waals surface area contributed by atoms with Crippen LogP contribution in [0.1, 0.15) is 31.4 Å². The first-order valence-electron chi connectivity index (χ1n) is 9.24. The molecule has 6 nitrogen and oxygen atoms in total. The number of rotatable bonds is 11. The summed E-state index contributed by atoms with van der Waals surface area (Å²) in [5.74, 6) is -0.718. The molecule has 1 heterocycles. The topological polar surface area (TPSA) is 70.2 Å². The second kappa shape index (κ2) is 11.1. The molecule has 1 amide bonds. The minimum atomic E-state index is -0.673. The number of amides is 1. The van der Waals surface area contributed by atoms with Gasteiger partial charge in [-0.05, 0) is 50.3 Å². The van der Waals surface area contributed by atoms with Crippen molar-refractivity contribution < 1.29 is 13.6 Å². The van der Waals surface area contributed by atoms with Crippen LogP contribution in [0.15, 0.2) is 24.4 Å². The fourth-order valence-electron chi connectivity index (χ4n) is 2.66. The van der Waals surface area contributed by atoms with Crippen molar-refractivity contribution in [1.82, 2.24) is 14.9 Å². The normalized spacial score (nSPS) is 11.2. The molecule has 2 aromatic rings. The third-order valence-corrected chi connectivity index (χ3v) is 4.27. The molecular weight excluding hydrogens is 364 g/mol. The molecule has 0 unspecified atom stereocenters. The van der Waals surface area contributed by atoms with Crippen LogP contribution in [0.3, 0.4) is 0 Å². The van der Waals surface area contributed by atoms with Crippen LogP contribution in [0, 0.1) is 11.6 Å². The van der Waals surface area contributed by atoms with Gasteiger partial charge in [0.1, 0.15) is 17.5 Å². The Morgan fingerprint density at radius 3 is 2.50 bits per heavy atom. The summed E-state index contributed by atoms with van der Waals surface area (Å²) in [6.07, 6.45) is 5.65. The van der Waals surface area contributed by atoms with E-state index in [0.717, 1.165) is 26.1 Å². The molecule has 0 saturated heterocycles. The van der Waals surface area contributed by atoms with Crippen LogP contribution in [0.5, 0.6) is 0 Å². The fraction of sp³-hybridized carbons (Fsp3) is 0.350. The van der Waals surface area contributed by atoms with Gasteiger partial charge in [0.25, 0.3) is 0 Å². The second-order valence-corrected chi connectivity index (χ2v) is 6.04. The monoisotopic (exact) mass is 389 g/mol. The van der Waals surface area contributed by atoms with Gasteiger partial charge in [0.15, 0.2) is 0 Å². The Labute approximate surface area is 163 Å². The maximum absolute atomic E-state index is 13.7. The maximum atomic E-state index is 13.7. The van der Waals surface area contributed by atoms with Crippen LogP contribution < -0.4 is 10.6 Å². The Bertz CT molecular complexity index is 789. The van der Waals surface area contributed by atoms with Crippen molar-refractivity contribution in [2.45, 2.75) is 20.3 Å². The third kappa shape index (κ3) is 6.09. The number of carbonyl (C=O) groups is 1. The van der Waals surface area contributed by atoms with Crippen molar-refractivity contribution in [3.8, 4) is 0 Å². The summed E-state index contributed by atoms with van der Waals surface area (Å²) in [6.45, 7) is 7.91. The molecule has 28 heavy (non-hydrogen) atoms. The number of nitrogens with one attached hydrogen (secondary N) is 2. The number of halogens is 2. The third-order valence-electron chi connectivity index (χ3n) is 4.27. The first-order chi connectivity index (χ1) is 13.6. The number of hydrogen-bond donors (Lipinski definition) is 2. The molecule has 2 N–H and O–H groups in total. The zero-order valence-corrected chi connectivity index (χ0v) is 16.1. The van der Waals surface area contributed by atoms with Crippen molar-refractivity contribution in [3.63, 3.8) is 0 Å². The zero-order valence-electron chi connectivity index (χ0n) is 16.1. The summed E-state index contributed by atoms with van der Waals surface area (Å²) >= 11 is 0. The minimum Gasteiger partial charge on any atom is -0.354 e.